The Hall–Kier alpha value is -1.36. The molecule has 0 unspecified atom stereocenters. The van der Waals surface area contributed by atoms with Gasteiger partial charge in [0.25, 0.3) is 10.0 Å². The molecule has 7 heteroatoms. The van der Waals surface area contributed by atoms with Crippen LogP contribution >= 0.6 is 27.3 Å². The Morgan fingerprint density at radius 2 is 2.11 bits per heavy atom. The van der Waals surface area contributed by atoms with Crippen LogP contribution in [-0.4, -0.2) is 8.42 Å². The first-order valence-electron chi connectivity index (χ1n) is 4.79. The molecule has 0 fully saturated rings. The van der Waals surface area contributed by atoms with E-state index in [1.54, 1.807) is 29.6 Å². The molecule has 0 radical (unpaired) electrons. The average molecular weight is 343 g/mol. The maximum atomic E-state index is 12.0. The van der Waals surface area contributed by atoms with Crippen molar-refractivity contribution in [3.63, 3.8) is 0 Å². The summed E-state index contributed by atoms with van der Waals surface area (Å²) in [5, 5.41) is 10.6. The van der Waals surface area contributed by atoms with Gasteiger partial charge in [-0.3, -0.25) is 4.72 Å². The van der Waals surface area contributed by atoms with Crippen LogP contribution in [0.25, 0.3) is 0 Å². The highest BCUT2D eigenvalue weighted by atomic mass is 79.9. The molecule has 0 aliphatic rings. The molecular weight excluding hydrogens is 336 g/mol. The predicted molar refractivity (Wildman–Crippen MR) is 74.0 cm³/mol. The molecule has 1 N–H and O–H groups in total. The number of rotatable bonds is 3. The van der Waals surface area contributed by atoms with Gasteiger partial charge in [0.1, 0.15) is 10.3 Å². The van der Waals surface area contributed by atoms with Gasteiger partial charge in [-0.1, -0.05) is 22.0 Å². The quantitative estimate of drug-likeness (QED) is 0.931. The van der Waals surface area contributed by atoms with E-state index < -0.39 is 10.0 Å². The van der Waals surface area contributed by atoms with Crippen molar-refractivity contribution in [2.75, 3.05) is 4.72 Å². The van der Waals surface area contributed by atoms with E-state index in [2.05, 4.69) is 20.7 Å². The molecule has 1 aromatic heterocycles. The molecule has 0 bridgehead atoms. The Balaban J connectivity index is 2.39. The largest absolute Gasteiger partial charge is 0.278 e. The second-order valence-electron chi connectivity index (χ2n) is 3.34. The number of nitrogens with one attached hydrogen (secondary N) is 1. The van der Waals surface area contributed by atoms with Crippen molar-refractivity contribution >= 4 is 43.0 Å². The molecule has 0 saturated carbocycles. The van der Waals surface area contributed by atoms with Crippen LogP contribution in [0.1, 0.15) is 5.56 Å². The highest BCUT2D eigenvalue weighted by Gasteiger charge is 2.16. The lowest BCUT2D eigenvalue weighted by molar-refractivity contribution is 0.603. The highest BCUT2D eigenvalue weighted by molar-refractivity contribution is 9.10. The van der Waals surface area contributed by atoms with Gasteiger partial charge in [0.05, 0.1) is 11.3 Å². The van der Waals surface area contributed by atoms with E-state index >= 15 is 0 Å². The molecule has 0 atom stereocenters. The molecule has 92 valence electrons. The van der Waals surface area contributed by atoms with Gasteiger partial charge < -0.3 is 0 Å². The summed E-state index contributed by atoms with van der Waals surface area (Å²) in [7, 11) is -3.61. The number of thiophene rings is 1. The number of halogens is 1. The van der Waals surface area contributed by atoms with Gasteiger partial charge in [0, 0.05) is 4.47 Å². The van der Waals surface area contributed by atoms with Crippen molar-refractivity contribution in [1.29, 1.82) is 5.26 Å². The molecule has 0 spiro atoms. The van der Waals surface area contributed by atoms with Crippen molar-refractivity contribution in [2.24, 2.45) is 0 Å². The fraction of sp³-hybridized carbons (Fsp3) is 0. The van der Waals surface area contributed by atoms with E-state index in [0.717, 1.165) is 15.8 Å². The maximum absolute atomic E-state index is 12.0. The first-order chi connectivity index (χ1) is 8.53. The fourth-order valence-corrected chi connectivity index (χ4v) is 3.74. The molecule has 0 aliphatic carbocycles. The minimum Gasteiger partial charge on any atom is -0.278 e. The van der Waals surface area contributed by atoms with Gasteiger partial charge >= 0.3 is 0 Å². The van der Waals surface area contributed by atoms with E-state index in [0.29, 0.717) is 0 Å². The lowest BCUT2D eigenvalue weighted by Gasteiger charge is -2.08. The third-order valence-electron chi connectivity index (χ3n) is 2.11. The Labute approximate surface area is 117 Å². The maximum Gasteiger partial charge on any atom is 0.271 e. The van der Waals surface area contributed by atoms with Crippen LogP contribution in [0.5, 0.6) is 0 Å². The minimum absolute atomic E-state index is 0.217. The molecule has 2 rings (SSSR count). The Kier molecular flexibility index (Phi) is 3.71. The lowest BCUT2D eigenvalue weighted by atomic mass is 10.2. The smallest absolute Gasteiger partial charge is 0.271 e. The molecule has 4 nitrogen and oxygen atoms in total. The molecule has 2 aromatic rings. The summed E-state index contributed by atoms with van der Waals surface area (Å²) >= 11 is 4.35. The average Bonchev–Trinajstić information content (AvgIpc) is 2.85. The van der Waals surface area contributed by atoms with Crippen molar-refractivity contribution in [3.05, 3.63) is 45.7 Å². The van der Waals surface area contributed by atoms with E-state index in [9.17, 15) is 8.42 Å². The second kappa shape index (κ2) is 5.10. The van der Waals surface area contributed by atoms with E-state index in [1.165, 1.54) is 6.07 Å². The molecule has 0 amide bonds. The number of benzene rings is 1. The van der Waals surface area contributed by atoms with Crippen molar-refractivity contribution in [3.8, 4) is 6.07 Å². The van der Waals surface area contributed by atoms with Gasteiger partial charge in [0.2, 0.25) is 0 Å². The Bertz CT molecular complexity index is 703. The summed E-state index contributed by atoms with van der Waals surface area (Å²) in [5.41, 5.74) is 0.540. The van der Waals surface area contributed by atoms with Crippen LogP contribution in [0.15, 0.2) is 44.4 Å². The number of anilines is 1. The van der Waals surface area contributed by atoms with Crippen LogP contribution in [0, 0.1) is 11.3 Å². The van der Waals surface area contributed by atoms with Crippen LogP contribution in [-0.2, 0) is 10.0 Å². The zero-order chi connectivity index (χ0) is 13.2. The first kappa shape index (κ1) is 13.1. The molecule has 1 aromatic carbocycles. The van der Waals surface area contributed by atoms with Crippen molar-refractivity contribution in [1.82, 2.24) is 0 Å². The summed E-state index contributed by atoms with van der Waals surface area (Å²) < 4.78 is 27.3. The van der Waals surface area contributed by atoms with Crippen molar-refractivity contribution < 1.29 is 8.42 Å². The summed E-state index contributed by atoms with van der Waals surface area (Å²) in [6.07, 6.45) is 0. The van der Waals surface area contributed by atoms with Gasteiger partial charge in [-0.05, 0) is 29.6 Å². The number of sulfonamides is 1. The zero-order valence-corrected chi connectivity index (χ0v) is 12.1. The topological polar surface area (TPSA) is 70.0 Å². The van der Waals surface area contributed by atoms with Crippen molar-refractivity contribution in [2.45, 2.75) is 4.21 Å². The van der Waals surface area contributed by atoms with E-state index in [4.69, 9.17) is 5.26 Å². The van der Waals surface area contributed by atoms with E-state index in [-0.39, 0.29) is 15.5 Å². The summed E-state index contributed by atoms with van der Waals surface area (Å²) in [6.45, 7) is 0. The standard InChI is InChI=1S/C11H7BrN2O2S2/c12-9-3-4-10(8(6-9)7-13)14-18(15,16)11-2-1-5-17-11/h1-6,14H. The number of nitriles is 1. The highest BCUT2D eigenvalue weighted by Crippen LogP contribution is 2.24. The normalized spacial score (nSPS) is 10.9. The van der Waals surface area contributed by atoms with Gasteiger partial charge in [-0.15, -0.1) is 11.3 Å². The molecule has 1 heterocycles. The third-order valence-corrected chi connectivity index (χ3v) is 5.36. The summed E-state index contributed by atoms with van der Waals surface area (Å²) in [5.74, 6) is 0. The Morgan fingerprint density at radius 3 is 2.72 bits per heavy atom. The predicted octanol–water partition coefficient (Wildman–Crippen LogP) is 3.18. The fourth-order valence-electron chi connectivity index (χ4n) is 1.31. The minimum atomic E-state index is -3.61. The van der Waals surface area contributed by atoms with Gasteiger partial charge in [0.15, 0.2) is 0 Å². The SMILES string of the molecule is N#Cc1cc(Br)ccc1NS(=O)(=O)c1cccs1. The zero-order valence-electron chi connectivity index (χ0n) is 8.92. The van der Waals surface area contributed by atoms with E-state index in [1.807, 2.05) is 6.07 Å². The number of hydrogen-bond acceptors (Lipinski definition) is 4. The molecule has 0 aliphatic heterocycles. The van der Waals surface area contributed by atoms with Gasteiger partial charge in [-0.2, -0.15) is 5.26 Å². The lowest BCUT2D eigenvalue weighted by Crippen LogP contribution is -2.12. The first-order valence-corrected chi connectivity index (χ1v) is 7.94. The van der Waals surface area contributed by atoms with Crippen LogP contribution < -0.4 is 4.72 Å². The molecule has 18 heavy (non-hydrogen) atoms. The summed E-state index contributed by atoms with van der Waals surface area (Å²) in [4.78, 5) is 0. The molecule has 0 saturated heterocycles. The van der Waals surface area contributed by atoms with Crippen LogP contribution in [0.4, 0.5) is 5.69 Å². The van der Waals surface area contributed by atoms with Crippen LogP contribution in [0.2, 0.25) is 0 Å². The monoisotopic (exact) mass is 342 g/mol. The number of hydrogen-bond donors (Lipinski definition) is 1. The Morgan fingerprint density at radius 1 is 1.33 bits per heavy atom. The van der Waals surface area contributed by atoms with Crippen LogP contribution in [0.3, 0.4) is 0 Å². The summed E-state index contributed by atoms with van der Waals surface area (Å²) in [6, 6.07) is 9.91. The van der Waals surface area contributed by atoms with Gasteiger partial charge in [-0.25, -0.2) is 8.42 Å². The number of nitrogens with zero attached hydrogens (tertiary/aromatic N) is 1. The second-order valence-corrected chi connectivity index (χ2v) is 7.11. The molecular formula is C11H7BrN2O2S2. The third kappa shape index (κ3) is 2.72.